The molecule has 1 aromatic rings. The Morgan fingerprint density at radius 3 is 2.57 bits per heavy atom. The molecule has 1 rings (SSSR count). The van der Waals surface area contributed by atoms with Crippen LogP contribution in [0.25, 0.3) is 0 Å². The van der Waals surface area contributed by atoms with Gasteiger partial charge < -0.3 is 14.3 Å². The number of carbonyl (C=O) groups is 2. The Kier molecular flexibility index (Phi) is 7.08. The van der Waals surface area contributed by atoms with E-state index >= 15 is 0 Å². The van der Waals surface area contributed by atoms with Crippen molar-refractivity contribution in [2.45, 2.75) is 33.1 Å². The Morgan fingerprint density at radius 1 is 1.19 bits per heavy atom. The molecule has 0 aliphatic heterocycles. The van der Waals surface area contributed by atoms with Gasteiger partial charge in [0.15, 0.2) is 11.5 Å². The predicted molar refractivity (Wildman–Crippen MR) is 77.0 cm³/mol. The molecule has 0 aromatic heterocycles. The fraction of sp³-hybridized carbons (Fsp3) is 0.467. The van der Waals surface area contributed by atoms with Crippen LogP contribution in [0.15, 0.2) is 18.2 Å². The summed E-state index contributed by atoms with van der Waals surface area (Å²) in [6, 6.07) is 5.51. The topological polar surface area (TPSA) is 73.9 Å². The van der Waals surface area contributed by atoms with Crippen molar-refractivity contribution in [1.82, 2.24) is 5.48 Å². The summed E-state index contributed by atoms with van der Waals surface area (Å²) in [4.78, 5) is 27.0. The molecule has 0 fully saturated rings. The second-order valence-electron chi connectivity index (χ2n) is 4.27. The zero-order valence-corrected chi connectivity index (χ0v) is 12.6. The summed E-state index contributed by atoms with van der Waals surface area (Å²) < 4.78 is 10.7. The van der Waals surface area contributed by atoms with Crippen LogP contribution in [0, 0.1) is 0 Å². The maximum absolute atomic E-state index is 11.5. The molecular formula is C15H21NO5. The van der Waals surface area contributed by atoms with E-state index in [1.807, 2.05) is 19.1 Å². The minimum atomic E-state index is -0.466. The third-order valence-corrected chi connectivity index (χ3v) is 2.74. The lowest BCUT2D eigenvalue weighted by atomic mass is 10.1. The highest BCUT2D eigenvalue weighted by atomic mass is 16.7. The highest BCUT2D eigenvalue weighted by molar-refractivity contribution is 5.77. The smallest absolute Gasteiger partial charge is 0.331 e. The zero-order chi connectivity index (χ0) is 15.7. The summed E-state index contributed by atoms with van der Waals surface area (Å²) in [7, 11) is 1.58. The maximum Gasteiger partial charge on any atom is 0.331 e. The van der Waals surface area contributed by atoms with E-state index in [2.05, 4.69) is 10.3 Å². The van der Waals surface area contributed by atoms with Gasteiger partial charge in [0.1, 0.15) is 0 Å². The van der Waals surface area contributed by atoms with Crippen molar-refractivity contribution >= 4 is 11.9 Å². The van der Waals surface area contributed by atoms with Gasteiger partial charge in [-0.05, 0) is 31.0 Å². The van der Waals surface area contributed by atoms with Gasteiger partial charge in [-0.25, -0.2) is 4.79 Å². The van der Waals surface area contributed by atoms with Gasteiger partial charge in [-0.2, -0.15) is 5.48 Å². The second kappa shape index (κ2) is 8.84. The van der Waals surface area contributed by atoms with E-state index in [0.717, 1.165) is 5.56 Å². The summed E-state index contributed by atoms with van der Waals surface area (Å²) in [5.74, 6) is 0.495. The lowest BCUT2D eigenvalue weighted by molar-refractivity contribution is -0.157. The van der Waals surface area contributed by atoms with Gasteiger partial charge in [0.05, 0.1) is 13.7 Å². The van der Waals surface area contributed by atoms with Gasteiger partial charge in [0.2, 0.25) is 0 Å². The van der Waals surface area contributed by atoms with Crippen molar-refractivity contribution in [3.8, 4) is 11.5 Å². The minimum Gasteiger partial charge on any atom is -0.493 e. The quantitative estimate of drug-likeness (QED) is 0.779. The molecule has 1 N–H and O–H groups in total. The lowest BCUT2D eigenvalue weighted by Crippen LogP contribution is -2.26. The fourth-order valence-electron chi connectivity index (χ4n) is 1.64. The predicted octanol–water partition coefficient (Wildman–Crippen LogP) is 2.01. The fourth-order valence-corrected chi connectivity index (χ4v) is 1.64. The molecule has 6 heteroatoms. The van der Waals surface area contributed by atoms with Crippen molar-refractivity contribution in [3.05, 3.63) is 23.8 Å². The minimum absolute atomic E-state index is 0.217. The molecule has 21 heavy (non-hydrogen) atoms. The van der Waals surface area contributed by atoms with Crippen molar-refractivity contribution < 1.29 is 23.9 Å². The second-order valence-corrected chi connectivity index (χ2v) is 4.27. The summed E-state index contributed by atoms with van der Waals surface area (Å²) in [6.07, 6.45) is 0.949. The van der Waals surface area contributed by atoms with Gasteiger partial charge in [-0.1, -0.05) is 13.0 Å². The van der Waals surface area contributed by atoms with Crippen molar-refractivity contribution in [3.63, 3.8) is 0 Å². The molecule has 1 amide bonds. The number of ether oxygens (including phenoxy) is 2. The highest BCUT2D eigenvalue weighted by Gasteiger charge is 2.08. The van der Waals surface area contributed by atoms with E-state index in [-0.39, 0.29) is 18.7 Å². The van der Waals surface area contributed by atoms with Crippen LogP contribution in [0.1, 0.15) is 32.3 Å². The average Bonchev–Trinajstić information content (AvgIpc) is 2.51. The number of hydroxylamine groups is 1. The van der Waals surface area contributed by atoms with E-state index in [0.29, 0.717) is 24.5 Å². The summed E-state index contributed by atoms with van der Waals surface area (Å²) in [5, 5.41) is 0. The Morgan fingerprint density at radius 2 is 1.95 bits per heavy atom. The van der Waals surface area contributed by atoms with Crippen LogP contribution in [-0.2, 0) is 20.8 Å². The van der Waals surface area contributed by atoms with Crippen LogP contribution in [0.5, 0.6) is 11.5 Å². The van der Waals surface area contributed by atoms with Crippen LogP contribution < -0.4 is 15.0 Å². The number of hydrogen-bond donors (Lipinski definition) is 1. The third-order valence-electron chi connectivity index (χ3n) is 2.74. The van der Waals surface area contributed by atoms with Gasteiger partial charge in [0, 0.05) is 12.8 Å². The zero-order valence-electron chi connectivity index (χ0n) is 12.6. The number of methoxy groups -OCH3 is 1. The number of aryl methyl sites for hydroxylation is 1. The maximum atomic E-state index is 11.5. The van der Waals surface area contributed by atoms with Gasteiger partial charge in [-0.3, -0.25) is 4.79 Å². The van der Waals surface area contributed by atoms with Gasteiger partial charge in [-0.15, -0.1) is 0 Å². The van der Waals surface area contributed by atoms with Crippen molar-refractivity contribution in [2.75, 3.05) is 13.7 Å². The summed E-state index contributed by atoms with van der Waals surface area (Å²) >= 11 is 0. The number of benzene rings is 1. The van der Waals surface area contributed by atoms with E-state index < -0.39 is 5.97 Å². The number of hydrogen-bond acceptors (Lipinski definition) is 5. The van der Waals surface area contributed by atoms with Gasteiger partial charge in [0.25, 0.3) is 5.91 Å². The molecule has 6 nitrogen and oxygen atoms in total. The summed E-state index contributed by atoms with van der Waals surface area (Å²) in [6.45, 7) is 4.08. The first-order valence-electron chi connectivity index (χ1n) is 6.88. The van der Waals surface area contributed by atoms with Crippen LogP contribution in [0.2, 0.25) is 0 Å². The molecular weight excluding hydrogens is 274 g/mol. The SMILES string of the molecule is CCOc1cc(CCC(=O)NOC(=O)CC)ccc1OC. The molecule has 0 saturated carbocycles. The average molecular weight is 295 g/mol. The Hall–Kier alpha value is -2.24. The Balaban J connectivity index is 2.53. The van der Waals surface area contributed by atoms with Crippen LogP contribution in [0.3, 0.4) is 0 Å². The number of amides is 1. The van der Waals surface area contributed by atoms with E-state index in [1.165, 1.54) is 0 Å². The monoisotopic (exact) mass is 295 g/mol. The molecule has 0 saturated heterocycles. The van der Waals surface area contributed by atoms with Crippen molar-refractivity contribution in [1.29, 1.82) is 0 Å². The molecule has 0 bridgehead atoms. The van der Waals surface area contributed by atoms with E-state index in [9.17, 15) is 9.59 Å². The first-order valence-corrected chi connectivity index (χ1v) is 6.88. The molecule has 0 spiro atoms. The van der Waals surface area contributed by atoms with E-state index in [1.54, 1.807) is 20.1 Å². The van der Waals surface area contributed by atoms with Crippen molar-refractivity contribution in [2.24, 2.45) is 0 Å². The highest BCUT2D eigenvalue weighted by Crippen LogP contribution is 2.28. The standard InChI is InChI=1S/C15H21NO5/c1-4-15(18)21-16-14(17)9-7-11-6-8-12(19-3)13(10-11)20-5-2/h6,8,10H,4-5,7,9H2,1-3H3,(H,16,17). The first-order chi connectivity index (χ1) is 10.1. The molecule has 1 aromatic carbocycles. The van der Waals surface area contributed by atoms with Crippen LogP contribution in [0.4, 0.5) is 0 Å². The molecule has 0 aliphatic rings. The van der Waals surface area contributed by atoms with Gasteiger partial charge >= 0.3 is 5.97 Å². The van der Waals surface area contributed by atoms with Crippen LogP contribution in [-0.4, -0.2) is 25.6 Å². The summed E-state index contributed by atoms with van der Waals surface area (Å²) in [5.41, 5.74) is 3.06. The largest absolute Gasteiger partial charge is 0.493 e. The Labute approximate surface area is 124 Å². The molecule has 0 radical (unpaired) electrons. The normalized spacial score (nSPS) is 9.86. The lowest BCUT2D eigenvalue weighted by Gasteiger charge is -2.11. The molecule has 0 aliphatic carbocycles. The first kappa shape index (κ1) is 16.8. The number of rotatable bonds is 7. The molecule has 0 heterocycles. The van der Waals surface area contributed by atoms with E-state index in [4.69, 9.17) is 9.47 Å². The Bertz CT molecular complexity index is 487. The number of nitrogens with one attached hydrogen (secondary N) is 1. The molecule has 0 unspecified atom stereocenters. The molecule has 116 valence electrons. The third kappa shape index (κ3) is 5.72. The molecule has 0 atom stereocenters. The van der Waals surface area contributed by atoms with Crippen LogP contribution >= 0.6 is 0 Å². The number of carbonyl (C=O) groups excluding carboxylic acids is 2.